The van der Waals surface area contributed by atoms with Crippen molar-refractivity contribution in [2.75, 3.05) is 5.72 Å². The van der Waals surface area contributed by atoms with Gasteiger partial charge < -0.3 is 5.72 Å². The van der Waals surface area contributed by atoms with Gasteiger partial charge in [-0.1, -0.05) is 6.07 Å². The molecule has 3 atom stereocenters. The van der Waals surface area contributed by atoms with Crippen LogP contribution in [-0.4, -0.2) is 21.1 Å². The number of hydrogen-bond donors (Lipinski definition) is 1. The molecule has 1 aromatic carbocycles. The molecule has 2 unspecified atom stereocenters. The van der Waals surface area contributed by atoms with Gasteiger partial charge in [-0.2, -0.15) is 0 Å². The van der Waals surface area contributed by atoms with Gasteiger partial charge in [0.2, 0.25) is 0 Å². The third kappa shape index (κ3) is 2.12. The smallest absolute Gasteiger partial charge is 0.264 e. The van der Waals surface area contributed by atoms with Gasteiger partial charge in [0.25, 0.3) is 5.56 Å². The molecule has 1 heterocycles. The number of nitrogens with zero attached hydrogens (tertiary/aromatic N) is 2. The predicted molar refractivity (Wildman–Crippen MR) is 78.1 cm³/mol. The summed E-state index contributed by atoms with van der Waals surface area (Å²) in [4.78, 5) is 41.4. The third-order valence-corrected chi connectivity index (χ3v) is 3.33. The summed E-state index contributed by atoms with van der Waals surface area (Å²) in [7, 11) is 0. The fourth-order valence-corrected chi connectivity index (χ4v) is 2.38. The number of carbonyl (C=O) groups excluding carboxylic acids is 2. The Morgan fingerprint density at radius 2 is 2.29 bits per heavy atom. The van der Waals surface area contributed by atoms with Crippen molar-refractivity contribution in [3.63, 3.8) is 0 Å². The van der Waals surface area contributed by atoms with Crippen LogP contribution in [0.5, 0.6) is 0 Å². The fourth-order valence-electron chi connectivity index (χ4n) is 2.38. The molecular weight excluding hydrogens is 270 g/mol. The van der Waals surface area contributed by atoms with E-state index in [1.54, 1.807) is 0 Å². The summed E-state index contributed by atoms with van der Waals surface area (Å²) in [6.07, 6.45) is -4.14. The second kappa shape index (κ2) is 4.80. The Bertz CT molecular complexity index is 992. The quantitative estimate of drug-likeness (QED) is 0.661. The minimum atomic E-state index is -2.48. The summed E-state index contributed by atoms with van der Waals surface area (Å²) in [5.74, 6) is -1.74. The van der Waals surface area contributed by atoms with E-state index < -0.39 is 42.4 Å². The van der Waals surface area contributed by atoms with Crippen molar-refractivity contribution < 1.29 is 16.5 Å². The zero-order chi connectivity index (χ0) is 19.4. The molecule has 1 fully saturated rings. The molecule has 1 saturated carbocycles. The van der Waals surface area contributed by atoms with Crippen LogP contribution in [-0.2, 0) is 9.59 Å². The highest BCUT2D eigenvalue weighted by atomic mass is 16.2. The van der Waals surface area contributed by atoms with Gasteiger partial charge in [0.15, 0.2) is 8.61 Å². The minimum Gasteiger partial charge on any atom is -0.398 e. The van der Waals surface area contributed by atoms with Gasteiger partial charge in [-0.3, -0.25) is 19.0 Å². The number of aryl methyl sites for hydroxylation is 1. The molecule has 0 amide bonds. The molecule has 1 aromatic heterocycles. The lowest BCUT2D eigenvalue weighted by Gasteiger charge is -2.24. The number of nitrogens with two attached hydrogens (primary N) is 1. The van der Waals surface area contributed by atoms with Gasteiger partial charge in [0, 0.05) is 14.8 Å². The number of benzene rings is 1. The summed E-state index contributed by atoms with van der Waals surface area (Å²) in [6, 6.07) is 1.87. The molecule has 108 valence electrons. The molecule has 21 heavy (non-hydrogen) atoms. The van der Waals surface area contributed by atoms with Crippen LogP contribution in [0, 0.1) is 6.92 Å². The van der Waals surface area contributed by atoms with E-state index >= 15 is 0 Å². The molecule has 1 aliphatic carbocycles. The SMILES string of the molecule is [2H]C1C(=O)CC(=O)[C@]([2H])(n2c(C)nc3cccc(N([2H])[2H])c3c2=O)C1[2H]. The predicted octanol–water partition coefficient (Wildman–Crippen LogP) is 1.15. The van der Waals surface area contributed by atoms with Crippen LogP contribution >= 0.6 is 0 Å². The Hall–Kier alpha value is -2.50. The molecule has 0 spiro atoms. The molecule has 2 aromatic rings. The highest BCUT2D eigenvalue weighted by Gasteiger charge is 2.30. The van der Waals surface area contributed by atoms with Crippen molar-refractivity contribution >= 4 is 28.2 Å². The number of aromatic nitrogens is 2. The summed E-state index contributed by atoms with van der Waals surface area (Å²) >= 11 is 0. The molecule has 6 nitrogen and oxygen atoms in total. The highest BCUT2D eigenvalue weighted by Crippen LogP contribution is 2.24. The van der Waals surface area contributed by atoms with E-state index in [4.69, 9.17) is 6.94 Å². The number of anilines is 1. The molecule has 6 heteroatoms. The molecule has 0 bridgehead atoms. The molecule has 1 aliphatic rings. The van der Waals surface area contributed by atoms with Gasteiger partial charge in [0.1, 0.15) is 11.6 Å². The molecule has 3 rings (SSSR count). The zero-order valence-electron chi connectivity index (χ0n) is 16.2. The van der Waals surface area contributed by atoms with Gasteiger partial charge >= 0.3 is 0 Å². The largest absolute Gasteiger partial charge is 0.398 e. The second-order valence-corrected chi connectivity index (χ2v) is 4.76. The third-order valence-electron chi connectivity index (χ3n) is 3.33. The van der Waals surface area contributed by atoms with Crippen LogP contribution in [0.4, 0.5) is 5.69 Å². The van der Waals surface area contributed by atoms with Crippen molar-refractivity contribution in [3.8, 4) is 0 Å². The maximum atomic E-state index is 13.1. The van der Waals surface area contributed by atoms with Crippen LogP contribution in [0.25, 0.3) is 10.9 Å². The lowest BCUT2D eigenvalue weighted by Crippen LogP contribution is -2.36. The summed E-state index contributed by atoms with van der Waals surface area (Å²) in [5, 5.41) is -0.145. The Morgan fingerprint density at radius 1 is 1.48 bits per heavy atom. The number of carbonyl (C=O) groups is 2. The highest BCUT2D eigenvalue weighted by molar-refractivity contribution is 6.03. The maximum Gasteiger partial charge on any atom is 0.264 e. The Kier molecular flexibility index (Phi) is 1.99. The van der Waals surface area contributed by atoms with Crippen LogP contribution in [0.3, 0.4) is 0 Å². The van der Waals surface area contributed by atoms with Gasteiger partial charge in [-0.15, -0.1) is 0 Å². The van der Waals surface area contributed by atoms with E-state index in [2.05, 4.69) is 4.98 Å². The first-order valence-electron chi connectivity index (χ1n) is 8.86. The zero-order valence-corrected chi connectivity index (χ0v) is 11.2. The summed E-state index contributed by atoms with van der Waals surface area (Å²) in [6.45, 7) is 1.39. The number of hydrogen-bond acceptors (Lipinski definition) is 5. The number of nitrogen functional groups attached to an aromatic ring is 1. The Balaban J connectivity index is 2.38. The summed E-state index contributed by atoms with van der Waals surface area (Å²) in [5.41, 5.74) is -0.563. The topological polar surface area (TPSA) is 95.1 Å². The van der Waals surface area contributed by atoms with E-state index in [-0.39, 0.29) is 28.1 Å². The molecule has 2 N–H and O–H groups in total. The first kappa shape index (κ1) is 8.71. The molecule has 0 aliphatic heterocycles. The number of ketones is 2. The first-order valence-corrected chi connectivity index (χ1v) is 6.32. The average Bonchev–Trinajstić information content (AvgIpc) is 2.57. The van der Waals surface area contributed by atoms with Crippen molar-refractivity contribution in [3.05, 3.63) is 34.4 Å². The monoisotopic (exact) mass is 290 g/mol. The molecule has 0 radical (unpaired) electrons. The number of rotatable bonds is 2. The van der Waals surface area contributed by atoms with Crippen molar-refractivity contribution in [2.24, 2.45) is 0 Å². The maximum absolute atomic E-state index is 13.1. The lowest BCUT2D eigenvalue weighted by molar-refractivity contribution is -0.132. The van der Waals surface area contributed by atoms with Crippen LogP contribution in [0.2, 0.25) is 2.82 Å². The molecular formula is C15H15N3O3. The van der Waals surface area contributed by atoms with Gasteiger partial charge in [0.05, 0.1) is 24.7 Å². The second-order valence-electron chi connectivity index (χ2n) is 4.76. The minimum absolute atomic E-state index is 0.0247. The molecule has 0 saturated heterocycles. The van der Waals surface area contributed by atoms with Crippen LogP contribution in [0.15, 0.2) is 23.0 Å². The van der Waals surface area contributed by atoms with Crippen LogP contribution in [0.1, 0.15) is 35.2 Å². The Morgan fingerprint density at radius 3 is 3.05 bits per heavy atom. The van der Waals surface area contributed by atoms with E-state index in [0.29, 0.717) is 4.57 Å². The van der Waals surface area contributed by atoms with E-state index in [1.165, 1.54) is 25.1 Å². The van der Waals surface area contributed by atoms with Gasteiger partial charge in [-0.25, -0.2) is 4.98 Å². The number of fused-ring (bicyclic) bond motifs is 1. The number of Topliss-reactive ketones (excluding diaryl/α,β-unsaturated/α-hetero) is 2. The standard InChI is InChI=1S/C15H15N3O3/c1-8-17-11-4-2-3-10(16)14(11)15(21)18(8)12-6-5-9(19)7-13(12)20/h2-4,12H,5-7,16H2,1H3/t12-/m1/s1/i5D,6D,12D/hD2/t5?,6?,12-. The van der Waals surface area contributed by atoms with Crippen molar-refractivity contribution in [1.29, 1.82) is 0 Å². The lowest BCUT2D eigenvalue weighted by atomic mass is 9.92. The Labute approximate surface area is 127 Å². The summed E-state index contributed by atoms with van der Waals surface area (Å²) < 4.78 is 40.0. The van der Waals surface area contributed by atoms with Crippen molar-refractivity contribution in [1.82, 2.24) is 9.55 Å². The van der Waals surface area contributed by atoms with Gasteiger partial charge in [-0.05, 0) is 25.5 Å². The normalized spacial score (nSPS) is 32.9. The van der Waals surface area contributed by atoms with E-state index in [9.17, 15) is 14.4 Å². The first-order chi connectivity index (χ1) is 12.1. The average molecular weight is 290 g/mol. The van der Waals surface area contributed by atoms with Crippen LogP contribution < -0.4 is 11.3 Å². The van der Waals surface area contributed by atoms with Crippen molar-refractivity contribution in [2.45, 2.75) is 32.2 Å². The van der Waals surface area contributed by atoms with E-state index in [1.807, 2.05) is 0 Å². The van der Waals surface area contributed by atoms with E-state index in [0.717, 1.165) is 0 Å². The fraction of sp³-hybridized carbons (Fsp3) is 0.333.